The molecule has 2 fully saturated rings. The van der Waals surface area contributed by atoms with Gasteiger partial charge in [-0.2, -0.15) is 5.26 Å². The zero-order valence-electron chi connectivity index (χ0n) is 19.2. The van der Waals surface area contributed by atoms with Crippen LogP contribution in [0.1, 0.15) is 27.6 Å². The van der Waals surface area contributed by atoms with Gasteiger partial charge in [0.15, 0.2) is 0 Å². The number of thiophene rings is 1. The third-order valence-corrected chi connectivity index (χ3v) is 8.21. The molecule has 4 rings (SSSR count). The Labute approximate surface area is 222 Å². The van der Waals surface area contributed by atoms with E-state index in [4.69, 9.17) is 16.3 Å². The van der Waals surface area contributed by atoms with E-state index >= 15 is 0 Å². The average Bonchev–Trinajstić information content (AvgIpc) is 3.33. The Morgan fingerprint density at radius 3 is 2.49 bits per heavy atom. The zero-order chi connectivity index (χ0) is 24.8. The summed E-state index contributed by atoms with van der Waals surface area (Å²) in [6.45, 7) is 5.13. The first-order valence-electron chi connectivity index (χ1n) is 11.5. The Morgan fingerprint density at radius 2 is 1.86 bits per heavy atom. The van der Waals surface area contributed by atoms with Crippen molar-refractivity contribution >= 4 is 50.8 Å². The number of urea groups is 1. The van der Waals surface area contributed by atoms with Crippen molar-refractivity contribution in [2.24, 2.45) is 0 Å². The summed E-state index contributed by atoms with van der Waals surface area (Å²) in [5.74, 6) is -0.0712. The summed E-state index contributed by atoms with van der Waals surface area (Å²) >= 11 is 11.0. The van der Waals surface area contributed by atoms with Gasteiger partial charge in [-0.25, -0.2) is 4.79 Å². The first-order valence-corrected chi connectivity index (χ1v) is 13.6. The van der Waals surface area contributed by atoms with E-state index in [0.29, 0.717) is 64.6 Å². The van der Waals surface area contributed by atoms with Gasteiger partial charge >= 0.3 is 6.03 Å². The number of rotatable bonds is 6. The van der Waals surface area contributed by atoms with Crippen LogP contribution in [0.4, 0.5) is 4.79 Å². The van der Waals surface area contributed by atoms with Crippen molar-refractivity contribution in [2.45, 2.75) is 12.6 Å². The van der Waals surface area contributed by atoms with Crippen LogP contribution >= 0.6 is 38.9 Å². The summed E-state index contributed by atoms with van der Waals surface area (Å²) in [7, 11) is 0. The van der Waals surface area contributed by atoms with Crippen molar-refractivity contribution in [3.05, 3.63) is 55.7 Å². The fourth-order valence-electron chi connectivity index (χ4n) is 4.45. The largest absolute Gasteiger partial charge is 0.378 e. The van der Waals surface area contributed by atoms with Crippen molar-refractivity contribution in [1.29, 1.82) is 5.26 Å². The molecular formula is C24H27BrClN5O3S. The van der Waals surface area contributed by atoms with Crippen LogP contribution in [0.5, 0.6) is 0 Å². The molecule has 2 aliphatic heterocycles. The molecule has 0 saturated carbocycles. The van der Waals surface area contributed by atoms with E-state index in [2.05, 4.69) is 38.3 Å². The Balaban J connectivity index is 1.61. The van der Waals surface area contributed by atoms with Crippen molar-refractivity contribution in [3.63, 3.8) is 0 Å². The van der Waals surface area contributed by atoms with Crippen LogP contribution in [0.25, 0.3) is 0 Å². The lowest BCUT2D eigenvalue weighted by Crippen LogP contribution is -2.50. The number of nitriles is 1. The predicted molar refractivity (Wildman–Crippen MR) is 139 cm³/mol. The third-order valence-electron chi connectivity index (χ3n) is 6.31. The molecule has 0 spiro atoms. The fraction of sp³-hybridized carbons (Fsp3) is 0.458. The van der Waals surface area contributed by atoms with Gasteiger partial charge in [0.05, 0.1) is 34.7 Å². The van der Waals surface area contributed by atoms with Gasteiger partial charge in [-0.3, -0.25) is 9.69 Å². The summed E-state index contributed by atoms with van der Waals surface area (Å²) in [5, 5.41) is 12.7. The highest BCUT2D eigenvalue weighted by Crippen LogP contribution is 2.38. The molecule has 0 aliphatic carbocycles. The summed E-state index contributed by atoms with van der Waals surface area (Å²) in [6.07, 6.45) is 0. The molecule has 11 heteroatoms. The molecule has 1 unspecified atom stereocenters. The maximum absolute atomic E-state index is 12.7. The number of nitrogens with one attached hydrogen (secondary N) is 1. The van der Waals surface area contributed by atoms with Gasteiger partial charge in [-0.05, 0) is 51.3 Å². The standard InChI is InChI=1S/C24H27BrClN5O3S/c25-21-4-3-20(35-21)23(30-7-5-29(6-8-30)22(32)14-26)19-13-17(15-27)1-2-18(19)16-28-24(33)31-9-11-34-12-10-31/h1-4,13,23H,5-12,14,16H2,(H,28,33). The van der Waals surface area contributed by atoms with Gasteiger partial charge in [0.1, 0.15) is 5.88 Å². The van der Waals surface area contributed by atoms with Crippen molar-refractivity contribution in [3.8, 4) is 6.07 Å². The number of amides is 3. The fourth-order valence-corrected chi connectivity index (χ4v) is 6.20. The molecule has 8 nitrogen and oxygen atoms in total. The molecule has 186 valence electrons. The first kappa shape index (κ1) is 25.9. The normalized spacial score (nSPS) is 17.6. The zero-order valence-corrected chi connectivity index (χ0v) is 22.4. The molecular weight excluding hydrogens is 554 g/mol. The SMILES string of the molecule is N#Cc1ccc(CNC(=O)N2CCOCC2)c(C(c2ccc(Br)s2)N2CCN(C(=O)CCl)CC2)c1. The lowest BCUT2D eigenvalue weighted by molar-refractivity contribution is -0.130. The van der Waals surface area contributed by atoms with Gasteiger partial charge in [-0.15, -0.1) is 22.9 Å². The van der Waals surface area contributed by atoms with Crippen LogP contribution in [-0.2, 0) is 16.1 Å². The maximum Gasteiger partial charge on any atom is 0.317 e. The molecule has 3 heterocycles. The second kappa shape index (κ2) is 12.2. The van der Waals surface area contributed by atoms with E-state index in [1.54, 1.807) is 27.2 Å². The average molecular weight is 581 g/mol. The van der Waals surface area contributed by atoms with Crippen molar-refractivity contribution in [2.75, 3.05) is 58.4 Å². The molecule has 1 N–H and O–H groups in total. The second-order valence-corrected chi connectivity index (χ2v) is 11.1. The highest BCUT2D eigenvalue weighted by atomic mass is 79.9. The Bertz CT molecular complexity index is 1090. The van der Waals surface area contributed by atoms with Crippen LogP contribution in [-0.4, -0.2) is 85.0 Å². The van der Waals surface area contributed by atoms with Crippen molar-refractivity contribution in [1.82, 2.24) is 20.0 Å². The van der Waals surface area contributed by atoms with Gasteiger partial charge in [-0.1, -0.05) is 6.07 Å². The quantitative estimate of drug-likeness (QED) is 0.529. The number of halogens is 2. The smallest absolute Gasteiger partial charge is 0.317 e. The monoisotopic (exact) mass is 579 g/mol. The minimum absolute atomic E-state index is 0.0154. The van der Waals surface area contributed by atoms with Crippen LogP contribution in [0.15, 0.2) is 34.1 Å². The van der Waals surface area contributed by atoms with E-state index in [1.807, 2.05) is 18.2 Å². The Morgan fingerprint density at radius 1 is 1.11 bits per heavy atom. The Kier molecular flexibility index (Phi) is 9.03. The molecule has 1 aromatic carbocycles. The van der Waals surface area contributed by atoms with E-state index in [0.717, 1.165) is 19.8 Å². The van der Waals surface area contributed by atoms with Gasteiger partial charge in [0.2, 0.25) is 5.91 Å². The number of hydrogen-bond acceptors (Lipinski definition) is 6. The van der Waals surface area contributed by atoms with E-state index in [-0.39, 0.29) is 23.9 Å². The number of ether oxygens (including phenoxy) is 1. The van der Waals surface area contributed by atoms with E-state index in [1.165, 1.54) is 0 Å². The van der Waals surface area contributed by atoms with Crippen LogP contribution < -0.4 is 5.32 Å². The highest BCUT2D eigenvalue weighted by Gasteiger charge is 2.30. The molecule has 0 radical (unpaired) electrons. The number of carbonyl (C=O) groups is 2. The molecule has 2 saturated heterocycles. The lowest BCUT2D eigenvalue weighted by atomic mass is 9.95. The molecule has 3 amide bonds. The predicted octanol–water partition coefficient (Wildman–Crippen LogP) is 3.40. The highest BCUT2D eigenvalue weighted by molar-refractivity contribution is 9.11. The van der Waals surface area contributed by atoms with E-state index in [9.17, 15) is 14.9 Å². The van der Waals surface area contributed by atoms with Crippen LogP contribution in [0, 0.1) is 11.3 Å². The number of alkyl halides is 1. The lowest BCUT2D eigenvalue weighted by Gasteiger charge is -2.39. The van der Waals surface area contributed by atoms with Gasteiger partial charge in [0, 0.05) is 50.7 Å². The number of hydrogen-bond donors (Lipinski definition) is 1. The van der Waals surface area contributed by atoms with Gasteiger partial charge in [0.25, 0.3) is 0 Å². The van der Waals surface area contributed by atoms with Crippen molar-refractivity contribution < 1.29 is 14.3 Å². The number of benzene rings is 1. The second-order valence-electron chi connectivity index (χ2n) is 8.38. The topological polar surface area (TPSA) is 88.9 Å². The molecule has 2 aromatic rings. The molecule has 1 aromatic heterocycles. The number of nitrogens with zero attached hydrogens (tertiary/aromatic N) is 4. The first-order chi connectivity index (χ1) is 17.0. The number of morpholine rings is 1. The minimum Gasteiger partial charge on any atom is -0.378 e. The van der Waals surface area contributed by atoms with Crippen LogP contribution in [0.3, 0.4) is 0 Å². The maximum atomic E-state index is 12.7. The molecule has 0 bridgehead atoms. The molecule has 1 atom stereocenters. The summed E-state index contributed by atoms with van der Waals surface area (Å²) in [4.78, 5) is 31.8. The Hall–Kier alpha value is -2.16. The number of piperazine rings is 1. The van der Waals surface area contributed by atoms with E-state index < -0.39 is 0 Å². The van der Waals surface area contributed by atoms with Gasteiger partial charge < -0.3 is 19.9 Å². The number of carbonyl (C=O) groups excluding carboxylic acids is 2. The summed E-state index contributed by atoms with van der Waals surface area (Å²) in [6, 6.07) is 11.8. The van der Waals surface area contributed by atoms with Crippen LogP contribution in [0.2, 0.25) is 0 Å². The minimum atomic E-state index is -0.118. The molecule has 35 heavy (non-hydrogen) atoms. The third kappa shape index (κ3) is 6.35. The summed E-state index contributed by atoms with van der Waals surface area (Å²) < 4.78 is 6.36. The molecule has 2 aliphatic rings. The summed E-state index contributed by atoms with van der Waals surface area (Å²) in [5.41, 5.74) is 2.51.